The van der Waals surface area contributed by atoms with E-state index in [9.17, 15) is 9.59 Å². The molecule has 0 saturated heterocycles. The Kier molecular flexibility index (Phi) is 17.2. The average molecular weight is 725 g/mol. The van der Waals surface area contributed by atoms with Crippen molar-refractivity contribution in [3.8, 4) is 0 Å². The number of ketones is 1. The number of esters is 1. The molecule has 0 fully saturated rings. The SMILES string of the molecule is CCOC(=O)CCCCCCCCCCN1c2ccccc2C(C)(C)C1/C=C/C=C1/N(CCCCCCCCCCC(C)=O)c2ccccc2C1(C)C. The molecule has 2 aromatic rings. The van der Waals surface area contributed by atoms with Crippen LogP contribution in [0.15, 0.2) is 72.5 Å². The molecule has 1 atom stereocenters. The van der Waals surface area contributed by atoms with Crippen molar-refractivity contribution < 1.29 is 14.3 Å². The average Bonchev–Trinajstić information content (AvgIpc) is 3.48. The van der Waals surface area contributed by atoms with Gasteiger partial charge in [0.2, 0.25) is 0 Å². The molecule has 0 aliphatic carbocycles. The zero-order chi connectivity index (χ0) is 38.1. The molecule has 0 N–H and O–H groups in total. The highest BCUT2D eigenvalue weighted by Crippen LogP contribution is 2.48. The number of hydrogen-bond acceptors (Lipinski definition) is 5. The van der Waals surface area contributed by atoms with Gasteiger partial charge in [0.05, 0.1) is 12.6 Å². The van der Waals surface area contributed by atoms with Crippen LogP contribution in [-0.2, 0) is 25.2 Å². The molecule has 1 unspecified atom stereocenters. The third-order valence-corrected chi connectivity index (χ3v) is 11.8. The number of Topliss-reactive ketones (excluding diaryl/α,β-unsaturated/α-hetero) is 1. The molecule has 2 aliphatic heterocycles. The fraction of sp³-hybridized carbons (Fsp3) is 0.625. The minimum Gasteiger partial charge on any atom is -0.466 e. The van der Waals surface area contributed by atoms with E-state index in [0.717, 1.165) is 38.8 Å². The summed E-state index contributed by atoms with van der Waals surface area (Å²) in [5.74, 6) is 0.267. The molecule has 0 amide bonds. The van der Waals surface area contributed by atoms with Gasteiger partial charge in [0.15, 0.2) is 0 Å². The Hall–Kier alpha value is -3.34. The smallest absolute Gasteiger partial charge is 0.305 e. The minimum atomic E-state index is -0.0538. The first-order chi connectivity index (χ1) is 25.6. The van der Waals surface area contributed by atoms with Crippen LogP contribution in [0, 0.1) is 0 Å². The van der Waals surface area contributed by atoms with E-state index in [1.54, 1.807) is 6.92 Å². The Morgan fingerprint density at radius 2 is 1.17 bits per heavy atom. The number of anilines is 2. The number of allylic oxidation sites excluding steroid dienone is 3. The second kappa shape index (κ2) is 21.5. The van der Waals surface area contributed by atoms with E-state index in [1.165, 1.54) is 112 Å². The lowest BCUT2D eigenvalue weighted by molar-refractivity contribution is -0.143. The van der Waals surface area contributed by atoms with Gasteiger partial charge in [-0.15, -0.1) is 0 Å². The number of para-hydroxylation sites is 2. The van der Waals surface area contributed by atoms with Crippen LogP contribution in [0.2, 0.25) is 0 Å². The second-order valence-corrected chi connectivity index (χ2v) is 16.8. The molecular weight excluding hydrogens is 653 g/mol. The summed E-state index contributed by atoms with van der Waals surface area (Å²) in [6.07, 6.45) is 27.9. The maximum atomic E-state index is 11.6. The number of unbranched alkanes of at least 4 members (excludes halogenated alkanes) is 14. The number of rotatable bonds is 25. The lowest BCUT2D eigenvalue weighted by atomic mass is 9.80. The predicted octanol–water partition coefficient (Wildman–Crippen LogP) is 12.6. The van der Waals surface area contributed by atoms with Gasteiger partial charge in [-0.2, -0.15) is 0 Å². The van der Waals surface area contributed by atoms with Crippen molar-refractivity contribution >= 4 is 23.1 Å². The van der Waals surface area contributed by atoms with Crippen LogP contribution in [0.3, 0.4) is 0 Å². The van der Waals surface area contributed by atoms with Gasteiger partial charge in [0.25, 0.3) is 0 Å². The normalized spacial score (nSPS) is 17.8. The largest absolute Gasteiger partial charge is 0.466 e. The van der Waals surface area contributed by atoms with E-state index in [0.29, 0.717) is 24.9 Å². The van der Waals surface area contributed by atoms with Gasteiger partial charge in [-0.1, -0.05) is 153 Å². The monoisotopic (exact) mass is 725 g/mol. The number of carbonyl (C=O) groups is 2. The van der Waals surface area contributed by atoms with Crippen molar-refractivity contribution in [2.75, 3.05) is 29.5 Å². The van der Waals surface area contributed by atoms with E-state index >= 15 is 0 Å². The number of benzene rings is 2. The molecule has 2 aromatic carbocycles. The van der Waals surface area contributed by atoms with Crippen molar-refractivity contribution in [1.29, 1.82) is 0 Å². The van der Waals surface area contributed by atoms with Crippen LogP contribution >= 0.6 is 0 Å². The van der Waals surface area contributed by atoms with Crippen molar-refractivity contribution in [2.24, 2.45) is 0 Å². The van der Waals surface area contributed by atoms with Crippen molar-refractivity contribution in [3.63, 3.8) is 0 Å². The summed E-state index contributed by atoms with van der Waals surface area (Å²) in [6.45, 7) is 15.8. The van der Waals surface area contributed by atoms with Crippen molar-refractivity contribution in [2.45, 2.75) is 174 Å². The molecular formula is C48H72N2O3. The minimum absolute atomic E-state index is 0.0242. The van der Waals surface area contributed by atoms with Gasteiger partial charge >= 0.3 is 5.97 Å². The summed E-state index contributed by atoms with van der Waals surface area (Å²) in [7, 11) is 0. The van der Waals surface area contributed by atoms with Gasteiger partial charge in [-0.3, -0.25) is 4.79 Å². The molecule has 0 saturated carbocycles. The fourth-order valence-corrected chi connectivity index (χ4v) is 8.76. The first-order valence-corrected chi connectivity index (χ1v) is 21.4. The molecule has 0 bridgehead atoms. The van der Waals surface area contributed by atoms with Crippen molar-refractivity contribution in [1.82, 2.24) is 0 Å². The summed E-state index contributed by atoms with van der Waals surface area (Å²) >= 11 is 0. The lowest BCUT2D eigenvalue weighted by Gasteiger charge is -2.32. The molecule has 292 valence electrons. The van der Waals surface area contributed by atoms with E-state index in [-0.39, 0.29) is 16.8 Å². The Labute approximate surface area is 323 Å². The summed E-state index contributed by atoms with van der Waals surface area (Å²) in [6, 6.07) is 18.4. The highest BCUT2D eigenvalue weighted by atomic mass is 16.5. The molecule has 0 spiro atoms. The highest BCUT2D eigenvalue weighted by Gasteiger charge is 2.43. The molecule has 2 aliphatic rings. The molecule has 5 nitrogen and oxygen atoms in total. The van der Waals surface area contributed by atoms with Gasteiger partial charge < -0.3 is 19.3 Å². The number of carbonyl (C=O) groups excluding carboxylic acids is 2. The molecule has 0 radical (unpaired) electrons. The van der Waals surface area contributed by atoms with Crippen LogP contribution < -0.4 is 9.80 Å². The molecule has 5 heteroatoms. The third kappa shape index (κ3) is 12.1. The summed E-state index contributed by atoms with van der Waals surface area (Å²) < 4.78 is 5.05. The van der Waals surface area contributed by atoms with Gasteiger partial charge in [0.1, 0.15) is 5.78 Å². The Bertz CT molecular complexity index is 1490. The summed E-state index contributed by atoms with van der Waals surface area (Å²) in [5, 5.41) is 0. The highest BCUT2D eigenvalue weighted by molar-refractivity contribution is 5.75. The lowest BCUT2D eigenvalue weighted by Crippen LogP contribution is -2.40. The number of fused-ring (bicyclic) bond motifs is 2. The van der Waals surface area contributed by atoms with Gasteiger partial charge in [0, 0.05) is 53.8 Å². The van der Waals surface area contributed by atoms with Gasteiger partial charge in [-0.05, 0) is 68.9 Å². The summed E-state index contributed by atoms with van der Waals surface area (Å²) in [5.41, 5.74) is 7.03. The molecule has 2 heterocycles. The fourth-order valence-electron chi connectivity index (χ4n) is 8.76. The van der Waals surface area contributed by atoms with Crippen LogP contribution in [0.25, 0.3) is 0 Å². The maximum absolute atomic E-state index is 11.6. The first-order valence-electron chi connectivity index (χ1n) is 21.4. The number of hydrogen-bond donors (Lipinski definition) is 0. The summed E-state index contributed by atoms with van der Waals surface area (Å²) in [4.78, 5) is 28.0. The van der Waals surface area contributed by atoms with Crippen LogP contribution in [0.4, 0.5) is 11.4 Å². The van der Waals surface area contributed by atoms with E-state index in [1.807, 2.05) is 6.92 Å². The third-order valence-electron chi connectivity index (χ3n) is 11.8. The van der Waals surface area contributed by atoms with Gasteiger partial charge in [-0.25, -0.2) is 0 Å². The quantitative estimate of drug-likeness (QED) is 0.0754. The van der Waals surface area contributed by atoms with E-state index < -0.39 is 0 Å². The van der Waals surface area contributed by atoms with E-state index in [4.69, 9.17) is 4.74 Å². The zero-order valence-corrected chi connectivity index (χ0v) is 34.4. The van der Waals surface area contributed by atoms with Crippen LogP contribution in [-0.4, -0.2) is 37.5 Å². The molecule has 4 rings (SSSR count). The Balaban J connectivity index is 1.33. The molecule has 53 heavy (non-hydrogen) atoms. The topological polar surface area (TPSA) is 49.9 Å². The standard InChI is InChI=1S/C48H72N2O3/c1-7-53-46(52)36-21-17-13-9-11-15-19-27-38-50-43-33-25-23-31-41(43)48(5,6)45(50)35-28-34-44-47(3,4)40-30-22-24-32-42(40)49(44)37-26-18-14-10-8-12-16-20-29-39(2)51/h22-25,28,30-35,45H,7-21,26-27,29,36-38H2,1-6H3/b35-28+,44-34+. The van der Waals surface area contributed by atoms with E-state index in [2.05, 4.69) is 104 Å². The first kappa shape index (κ1) is 42.4. The van der Waals surface area contributed by atoms with Crippen LogP contribution in [0.5, 0.6) is 0 Å². The maximum Gasteiger partial charge on any atom is 0.305 e. The van der Waals surface area contributed by atoms with Crippen LogP contribution in [0.1, 0.15) is 168 Å². The predicted molar refractivity (Wildman–Crippen MR) is 225 cm³/mol. The zero-order valence-electron chi connectivity index (χ0n) is 34.4. The number of nitrogens with zero attached hydrogens (tertiary/aromatic N) is 2. The van der Waals surface area contributed by atoms with Crippen molar-refractivity contribution in [3.05, 3.63) is 83.6 Å². The second-order valence-electron chi connectivity index (χ2n) is 16.8. The Morgan fingerprint density at radius 3 is 1.77 bits per heavy atom. The Morgan fingerprint density at radius 1 is 0.660 bits per heavy atom. The number of ether oxygens (including phenoxy) is 1. The molecule has 0 aromatic heterocycles.